The molecule has 43 heavy (non-hydrogen) atoms. The summed E-state index contributed by atoms with van der Waals surface area (Å²) < 4.78 is 28.7. The molecule has 2 N–H and O–H groups in total. The molecule has 8 rings (SSSR count). The SMILES string of the molecule is Cc1ccc(S(=O)(=O)n2cc(-c3nc(NC4C5CCC(CC5)C4C(=O)O)cc(-c4cccnc4)n3)c3cncnc32)cc1. The maximum atomic E-state index is 13.8. The monoisotopic (exact) mass is 595 g/mol. The van der Waals surface area contributed by atoms with Gasteiger partial charge in [-0.3, -0.25) is 9.78 Å². The number of hydrogen-bond donors (Lipinski definition) is 2. The van der Waals surface area contributed by atoms with Crippen LogP contribution in [0.1, 0.15) is 31.2 Å². The third kappa shape index (κ3) is 4.81. The van der Waals surface area contributed by atoms with Crippen LogP contribution in [-0.4, -0.2) is 54.4 Å². The molecule has 0 radical (unpaired) electrons. The minimum Gasteiger partial charge on any atom is -0.481 e. The lowest BCUT2D eigenvalue weighted by Gasteiger charge is -2.47. The second-order valence-corrected chi connectivity index (χ2v) is 13.1. The predicted molar refractivity (Wildman–Crippen MR) is 160 cm³/mol. The van der Waals surface area contributed by atoms with E-state index < -0.39 is 21.9 Å². The summed E-state index contributed by atoms with van der Waals surface area (Å²) in [6.07, 6.45) is 11.5. The molecule has 218 valence electrons. The molecule has 11 nitrogen and oxygen atoms in total. The van der Waals surface area contributed by atoms with Crippen molar-refractivity contribution in [3.05, 3.63) is 79.1 Å². The molecule has 2 unspecified atom stereocenters. The molecule has 5 aromatic rings. The van der Waals surface area contributed by atoms with Gasteiger partial charge in [0.15, 0.2) is 11.5 Å². The third-order valence-electron chi connectivity index (χ3n) is 8.76. The number of anilines is 1. The lowest BCUT2D eigenvalue weighted by atomic mass is 9.61. The lowest BCUT2D eigenvalue weighted by Crippen LogP contribution is -2.51. The summed E-state index contributed by atoms with van der Waals surface area (Å²) >= 11 is 0. The average Bonchev–Trinajstić information content (AvgIpc) is 3.43. The molecule has 1 aromatic carbocycles. The maximum Gasteiger partial charge on any atom is 0.308 e. The number of carbonyl (C=O) groups is 1. The van der Waals surface area contributed by atoms with Gasteiger partial charge in [-0.1, -0.05) is 17.7 Å². The molecule has 4 heterocycles. The van der Waals surface area contributed by atoms with Gasteiger partial charge in [0.25, 0.3) is 10.0 Å². The van der Waals surface area contributed by atoms with Crippen molar-refractivity contribution in [1.29, 1.82) is 0 Å². The molecular weight excluding hydrogens is 566 g/mol. The molecule has 0 aliphatic heterocycles. The van der Waals surface area contributed by atoms with E-state index in [-0.39, 0.29) is 34.2 Å². The van der Waals surface area contributed by atoms with E-state index >= 15 is 0 Å². The highest BCUT2D eigenvalue weighted by molar-refractivity contribution is 7.90. The van der Waals surface area contributed by atoms with Crippen LogP contribution < -0.4 is 5.32 Å². The Bertz CT molecular complexity index is 1940. The number of carboxylic acid groups (broad SMARTS) is 1. The minimum absolute atomic E-state index is 0.125. The van der Waals surface area contributed by atoms with Crippen molar-refractivity contribution in [1.82, 2.24) is 28.9 Å². The van der Waals surface area contributed by atoms with Crippen LogP contribution >= 0.6 is 0 Å². The Morgan fingerprint density at radius 1 is 1.00 bits per heavy atom. The van der Waals surface area contributed by atoms with Crippen LogP contribution in [-0.2, 0) is 14.8 Å². The molecule has 0 spiro atoms. The van der Waals surface area contributed by atoms with Crippen molar-refractivity contribution in [3.63, 3.8) is 0 Å². The van der Waals surface area contributed by atoms with Crippen LogP contribution in [0.25, 0.3) is 33.7 Å². The maximum absolute atomic E-state index is 13.8. The summed E-state index contributed by atoms with van der Waals surface area (Å²) in [5, 5.41) is 14.1. The van der Waals surface area contributed by atoms with E-state index in [1.807, 2.05) is 13.0 Å². The van der Waals surface area contributed by atoms with Gasteiger partial charge in [-0.05, 0) is 68.7 Å². The number of aromatic nitrogens is 6. The van der Waals surface area contributed by atoms with Gasteiger partial charge in [0.1, 0.15) is 12.1 Å². The third-order valence-corrected chi connectivity index (χ3v) is 10.4. The number of nitrogens with zero attached hydrogens (tertiary/aromatic N) is 6. The van der Waals surface area contributed by atoms with E-state index in [9.17, 15) is 18.3 Å². The highest BCUT2D eigenvalue weighted by Gasteiger charge is 2.47. The first-order valence-electron chi connectivity index (χ1n) is 14.2. The number of nitrogens with one attached hydrogen (secondary N) is 1. The zero-order valence-electron chi connectivity index (χ0n) is 23.3. The largest absolute Gasteiger partial charge is 0.481 e. The van der Waals surface area contributed by atoms with E-state index in [0.29, 0.717) is 22.5 Å². The number of aryl methyl sites for hydroxylation is 1. The van der Waals surface area contributed by atoms with Crippen molar-refractivity contribution < 1.29 is 18.3 Å². The van der Waals surface area contributed by atoms with E-state index in [2.05, 4.69) is 20.3 Å². The summed E-state index contributed by atoms with van der Waals surface area (Å²) in [5.74, 6) is -0.235. The molecule has 4 aromatic heterocycles. The van der Waals surface area contributed by atoms with Gasteiger partial charge in [0.2, 0.25) is 0 Å². The molecule has 3 aliphatic carbocycles. The van der Waals surface area contributed by atoms with E-state index in [0.717, 1.165) is 40.8 Å². The second-order valence-electron chi connectivity index (χ2n) is 11.3. The first-order valence-corrected chi connectivity index (χ1v) is 15.7. The van der Waals surface area contributed by atoms with Crippen molar-refractivity contribution in [2.75, 3.05) is 5.32 Å². The van der Waals surface area contributed by atoms with Crippen LogP contribution in [0, 0.1) is 24.7 Å². The number of fused-ring (bicyclic) bond motifs is 4. The fraction of sp³-hybridized carbons (Fsp3) is 0.290. The van der Waals surface area contributed by atoms with Gasteiger partial charge in [-0.2, -0.15) is 0 Å². The van der Waals surface area contributed by atoms with Crippen LogP contribution in [0.15, 0.2) is 78.5 Å². The van der Waals surface area contributed by atoms with Crippen molar-refractivity contribution >= 4 is 32.8 Å². The van der Waals surface area contributed by atoms with Gasteiger partial charge in [0, 0.05) is 53.4 Å². The zero-order chi connectivity index (χ0) is 29.7. The Hall–Kier alpha value is -4.71. The van der Waals surface area contributed by atoms with Crippen molar-refractivity contribution in [3.8, 4) is 22.6 Å². The van der Waals surface area contributed by atoms with Crippen molar-refractivity contribution in [2.45, 2.75) is 43.5 Å². The summed E-state index contributed by atoms with van der Waals surface area (Å²) in [4.78, 5) is 34.8. The molecule has 2 bridgehead atoms. The topological polar surface area (TPSA) is 153 Å². The van der Waals surface area contributed by atoms with Gasteiger partial charge < -0.3 is 10.4 Å². The molecule has 3 aliphatic rings. The first kappa shape index (κ1) is 27.1. The van der Waals surface area contributed by atoms with Crippen LogP contribution in [0.2, 0.25) is 0 Å². The van der Waals surface area contributed by atoms with E-state index in [4.69, 9.17) is 9.97 Å². The Labute approximate surface area is 248 Å². The first-order chi connectivity index (χ1) is 20.8. The highest BCUT2D eigenvalue weighted by atomic mass is 32.2. The highest BCUT2D eigenvalue weighted by Crippen LogP contribution is 2.46. The van der Waals surface area contributed by atoms with Crippen LogP contribution in [0.3, 0.4) is 0 Å². The minimum atomic E-state index is -4.01. The fourth-order valence-corrected chi connectivity index (χ4v) is 7.93. The Kier molecular flexibility index (Phi) is 6.65. The summed E-state index contributed by atoms with van der Waals surface area (Å²) in [6, 6.07) is 11.8. The molecule has 3 saturated carbocycles. The second kappa shape index (κ2) is 10.5. The zero-order valence-corrected chi connectivity index (χ0v) is 24.1. The molecule has 3 fully saturated rings. The number of aliphatic carboxylic acids is 1. The number of hydrogen-bond acceptors (Lipinski definition) is 9. The Morgan fingerprint density at radius 2 is 1.77 bits per heavy atom. The lowest BCUT2D eigenvalue weighted by molar-refractivity contribution is -0.148. The predicted octanol–water partition coefficient (Wildman–Crippen LogP) is 4.80. The standard InChI is InChI=1S/C31H29N7O4S/c1-18-4-10-22(11-5-18)43(41,42)38-16-24(23-15-33-17-34-30(23)38)29-35-25(21-3-2-12-32-14-21)13-26(37-29)36-28-20-8-6-19(7-9-20)27(28)31(39)40/h2-5,10-17,19-20,27-28H,6-9H2,1H3,(H,39,40)(H,35,36,37). The number of carboxylic acids is 1. The van der Waals surface area contributed by atoms with Crippen LogP contribution in [0.5, 0.6) is 0 Å². The van der Waals surface area contributed by atoms with E-state index in [1.54, 1.807) is 55.0 Å². The smallest absolute Gasteiger partial charge is 0.308 e. The molecule has 0 saturated heterocycles. The summed E-state index contributed by atoms with van der Waals surface area (Å²) in [7, 11) is -4.01. The molecule has 0 amide bonds. The Morgan fingerprint density at radius 3 is 2.49 bits per heavy atom. The summed E-state index contributed by atoms with van der Waals surface area (Å²) in [5.41, 5.74) is 2.87. The Balaban J connectivity index is 1.38. The molecule has 2 atom stereocenters. The van der Waals surface area contributed by atoms with Crippen LogP contribution in [0.4, 0.5) is 5.82 Å². The quantitative estimate of drug-likeness (QED) is 0.268. The van der Waals surface area contributed by atoms with Gasteiger partial charge >= 0.3 is 5.97 Å². The number of rotatable bonds is 7. The number of pyridine rings is 1. The summed E-state index contributed by atoms with van der Waals surface area (Å²) in [6.45, 7) is 1.89. The van der Waals surface area contributed by atoms with Crippen molar-refractivity contribution in [2.24, 2.45) is 17.8 Å². The van der Waals surface area contributed by atoms with Gasteiger partial charge in [0.05, 0.1) is 16.5 Å². The molecular formula is C31H29N7O4S. The van der Waals surface area contributed by atoms with Gasteiger partial charge in [-0.15, -0.1) is 0 Å². The fourth-order valence-electron chi connectivity index (χ4n) is 6.61. The number of benzene rings is 1. The average molecular weight is 596 g/mol. The normalized spacial score (nSPS) is 21.6. The van der Waals surface area contributed by atoms with E-state index in [1.165, 1.54) is 12.5 Å². The molecule has 12 heteroatoms. The van der Waals surface area contributed by atoms with Gasteiger partial charge in [-0.25, -0.2) is 32.3 Å².